The molecule has 0 aliphatic rings. The van der Waals surface area contributed by atoms with E-state index < -0.39 is 0 Å². The molecule has 106 valence electrons. The smallest absolute Gasteiger partial charge is 0.260 e. The van der Waals surface area contributed by atoms with Crippen LogP contribution in [0, 0.1) is 0 Å². The van der Waals surface area contributed by atoms with E-state index in [0.717, 1.165) is 25.1 Å². The summed E-state index contributed by atoms with van der Waals surface area (Å²) in [6.07, 6.45) is 2.12. The molecule has 0 aromatic heterocycles. The van der Waals surface area contributed by atoms with Crippen molar-refractivity contribution in [3.63, 3.8) is 0 Å². The molecule has 0 atom stereocenters. The number of likely N-dealkylation sites (N-methyl/N-ethyl adjacent to an activating group) is 1. The number of ether oxygens (including phenoxy) is 1. The Morgan fingerprint density at radius 2 is 2.11 bits per heavy atom. The third kappa shape index (κ3) is 5.33. The van der Waals surface area contributed by atoms with Crippen molar-refractivity contribution < 1.29 is 9.53 Å². The zero-order valence-corrected chi connectivity index (χ0v) is 12.5. The number of rotatable bonds is 7. The maximum Gasteiger partial charge on any atom is 0.260 e. The van der Waals surface area contributed by atoms with Crippen molar-refractivity contribution in [1.82, 2.24) is 4.90 Å². The lowest BCUT2D eigenvalue weighted by molar-refractivity contribution is -0.132. The van der Waals surface area contributed by atoms with Gasteiger partial charge in [-0.15, -0.1) is 0 Å². The molecule has 19 heavy (non-hydrogen) atoms. The summed E-state index contributed by atoms with van der Waals surface area (Å²) in [5.41, 5.74) is 1.23. The lowest BCUT2D eigenvalue weighted by Gasteiger charge is -2.17. The first-order valence-corrected chi connectivity index (χ1v) is 7.01. The summed E-state index contributed by atoms with van der Waals surface area (Å²) in [6.45, 7) is 7.31. The summed E-state index contributed by atoms with van der Waals surface area (Å²) in [5.74, 6) is 1.26. The second-order valence-electron chi connectivity index (χ2n) is 5.18. The first-order chi connectivity index (χ1) is 9.04. The SMILES string of the molecule is CCCCN(C)C(=O)COc1cccc(C(C)C)c1. The van der Waals surface area contributed by atoms with Crippen molar-refractivity contribution in [3.8, 4) is 5.75 Å². The molecule has 0 aliphatic carbocycles. The van der Waals surface area contributed by atoms with Crippen LogP contribution >= 0.6 is 0 Å². The van der Waals surface area contributed by atoms with Crippen LogP contribution in [-0.4, -0.2) is 31.0 Å². The molecular weight excluding hydrogens is 238 g/mol. The van der Waals surface area contributed by atoms with E-state index in [1.54, 1.807) is 4.90 Å². The van der Waals surface area contributed by atoms with Gasteiger partial charge in [-0.05, 0) is 30.0 Å². The average Bonchev–Trinajstić information content (AvgIpc) is 2.42. The van der Waals surface area contributed by atoms with Gasteiger partial charge in [-0.1, -0.05) is 39.3 Å². The normalized spacial score (nSPS) is 10.6. The number of hydrogen-bond acceptors (Lipinski definition) is 2. The minimum atomic E-state index is 0.0309. The lowest BCUT2D eigenvalue weighted by Crippen LogP contribution is -2.32. The molecule has 0 heterocycles. The Morgan fingerprint density at radius 1 is 1.37 bits per heavy atom. The van der Waals surface area contributed by atoms with Crippen molar-refractivity contribution >= 4 is 5.91 Å². The second-order valence-corrected chi connectivity index (χ2v) is 5.18. The van der Waals surface area contributed by atoms with Crippen LogP contribution in [0.2, 0.25) is 0 Å². The summed E-state index contributed by atoms with van der Waals surface area (Å²) in [6, 6.07) is 7.94. The zero-order valence-electron chi connectivity index (χ0n) is 12.5. The van der Waals surface area contributed by atoms with E-state index >= 15 is 0 Å². The molecule has 0 N–H and O–H groups in total. The Balaban J connectivity index is 2.47. The molecule has 1 amide bonds. The average molecular weight is 263 g/mol. The number of carbonyl (C=O) groups is 1. The molecule has 0 saturated carbocycles. The van der Waals surface area contributed by atoms with Crippen molar-refractivity contribution in [2.24, 2.45) is 0 Å². The molecule has 0 spiro atoms. The molecule has 0 aliphatic heterocycles. The van der Waals surface area contributed by atoms with Gasteiger partial charge in [0.25, 0.3) is 5.91 Å². The summed E-state index contributed by atoms with van der Waals surface area (Å²) in [4.78, 5) is 13.6. The third-order valence-corrected chi connectivity index (χ3v) is 3.16. The highest BCUT2D eigenvalue weighted by molar-refractivity contribution is 5.77. The van der Waals surface area contributed by atoms with Gasteiger partial charge in [0.1, 0.15) is 5.75 Å². The summed E-state index contributed by atoms with van der Waals surface area (Å²) in [5, 5.41) is 0. The molecule has 3 heteroatoms. The van der Waals surface area contributed by atoms with E-state index in [4.69, 9.17) is 4.74 Å². The van der Waals surface area contributed by atoms with Gasteiger partial charge in [0.2, 0.25) is 0 Å². The topological polar surface area (TPSA) is 29.5 Å². The third-order valence-electron chi connectivity index (χ3n) is 3.16. The maximum atomic E-state index is 11.8. The fourth-order valence-electron chi connectivity index (χ4n) is 1.74. The highest BCUT2D eigenvalue weighted by Crippen LogP contribution is 2.20. The zero-order chi connectivity index (χ0) is 14.3. The van der Waals surface area contributed by atoms with Gasteiger partial charge >= 0.3 is 0 Å². The Bertz CT molecular complexity index is 401. The van der Waals surface area contributed by atoms with Gasteiger partial charge in [-0.2, -0.15) is 0 Å². The van der Waals surface area contributed by atoms with Crippen molar-refractivity contribution in [2.45, 2.75) is 39.5 Å². The molecule has 0 saturated heterocycles. The van der Waals surface area contributed by atoms with E-state index in [0.29, 0.717) is 5.92 Å². The fraction of sp³-hybridized carbons (Fsp3) is 0.562. The predicted molar refractivity (Wildman–Crippen MR) is 78.6 cm³/mol. The van der Waals surface area contributed by atoms with E-state index in [1.807, 2.05) is 25.2 Å². The number of hydrogen-bond donors (Lipinski definition) is 0. The molecule has 0 bridgehead atoms. The first-order valence-electron chi connectivity index (χ1n) is 7.01. The van der Waals surface area contributed by atoms with Gasteiger partial charge in [-0.25, -0.2) is 0 Å². The second kappa shape index (κ2) is 7.82. The Labute approximate surface area is 116 Å². The molecule has 0 fully saturated rings. The number of amides is 1. The molecule has 0 unspecified atom stereocenters. The van der Waals surface area contributed by atoms with Gasteiger partial charge in [0, 0.05) is 13.6 Å². The first kappa shape index (κ1) is 15.5. The number of unbranched alkanes of at least 4 members (excludes halogenated alkanes) is 1. The molecule has 3 nitrogen and oxygen atoms in total. The quantitative estimate of drug-likeness (QED) is 0.754. The molecule has 0 radical (unpaired) electrons. The minimum absolute atomic E-state index is 0.0309. The summed E-state index contributed by atoms with van der Waals surface area (Å²) in [7, 11) is 1.83. The number of benzene rings is 1. The minimum Gasteiger partial charge on any atom is -0.484 e. The highest BCUT2D eigenvalue weighted by Gasteiger charge is 2.09. The van der Waals surface area contributed by atoms with Crippen LogP contribution in [0.25, 0.3) is 0 Å². The van der Waals surface area contributed by atoms with Crippen LogP contribution in [0.1, 0.15) is 45.1 Å². The largest absolute Gasteiger partial charge is 0.484 e. The van der Waals surface area contributed by atoms with Crippen LogP contribution in [0.4, 0.5) is 0 Å². The van der Waals surface area contributed by atoms with E-state index in [9.17, 15) is 4.79 Å². The highest BCUT2D eigenvalue weighted by atomic mass is 16.5. The molecule has 1 aromatic carbocycles. The van der Waals surface area contributed by atoms with Gasteiger partial charge in [0.05, 0.1) is 0 Å². The van der Waals surface area contributed by atoms with Gasteiger partial charge < -0.3 is 9.64 Å². The molecule has 1 aromatic rings. The van der Waals surface area contributed by atoms with Crippen LogP contribution in [0.5, 0.6) is 5.75 Å². The Morgan fingerprint density at radius 3 is 2.74 bits per heavy atom. The van der Waals surface area contributed by atoms with E-state index in [-0.39, 0.29) is 12.5 Å². The lowest BCUT2D eigenvalue weighted by atomic mass is 10.0. The van der Waals surface area contributed by atoms with Crippen LogP contribution in [-0.2, 0) is 4.79 Å². The van der Waals surface area contributed by atoms with E-state index in [1.165, 1.54) is 5.56 Å². The summed E-state index contributed by atoms with van der Waals surface area (Å²) >= 11 is 0. The van der Waals surface area contributed by atoms with Gasteiger partial charge in [-0.3, -0.25) is 4.79 Å². The standard InChI is InChI=1S/C16H25NO2/c1-5-6-10-17(4)16(18)12-19-15-9-7-8-14(11-15)13(2)3/h7-9,11,13H,5-6,10,12H2,1-4H3. The molecule has 1 rings (SSSR count). The van der Waals surface area contributed by atoms with Crippen molar-refractivity contribution in [3.05, 3.63) is 29.8 Å². The Hall–Kier alpha value is -1.51. The van der Waals surface area contributed by atoms with Crippen LogP contribution in [0.3, 0.4) is 0 Å². The van der Waals surface area contributed by atoms with Gasteiger partial charge in [0.15, 0.2) is 6.61 Å². The predicted octanol–water partition coefficient (Wildman–Crippen LogP) is 3.45. The number of nitrogens with zero attached hydrogens (tertiary/aromatic N) is 1. The summed E-state index contributed by atoms with van der Waals surface area (Å²) < 4.78 is 5.57. The van der Waals surface area contributed by atoms with Crippen molar-refractivity contribution in [1.29, 1.82) is 0 Å². The number of carbonyl (C=O) groups excluding carboxylic acids is 1. The van der Waals surface area contributed by atoms with Crippen molar-refractivity contribution in [2.75, 3.05) is 20.2 Å². The van der Waals surface area contributed by atoms with Crippen LogP contribution < -0.4 is 4.74 Å². The van der Waals surface area contributed by atoms with E-state index in [2.05, 4.69) is 26.8 Å². The van der Waals surface area contributed by atoms with Crippen LogP contribution in [0.15, 0.2) is 24.3 Å². The Kier molecular flexibility index (Phi) is 6.40. The molecular formula is C16H25NO2. The fourth-order valence-corrected chi connectivity index (χ4v) is 1.74. The monoisotopic (exact) mass is 263 g/mol. The maximum absolute atomic E-state index is 11.8.